The molecular weight excluding hydrogens is 332 g/mol. The van der Waals surface area contributed by atoms with Crippen LogP contribution in [0.25, 0.3) is 20.7 Å². The SMILES string of the molecule is COc1ccccc1Cc1nc2sc(-c3ccccc3)cc2c(=O)[nH]1. The lowest BCUT2D eigenvalue weighted by Gasteiger charge is -2.07. The van der Waals surface area contributed by atoms with E-state index in [1.165, 1.54) is 11.3 Å². The highest BCUT2D eigenvalue weighted by Crippen LogP contribution is 2.31. The molecule has 4 rings (SSSR count). The Morgan fingerprint density at radius 3 is 2.64 bits per heavy atom. The van der Waals surface area contributed by atoms with Crippen LogP contribution in [0.3, 0.4) is 0 Å². The minimum Gasteiger partial charge on any atom is -0.496 e. The van der Waals surface area contributed by atoms with Gasteiger partial charge in [-0.1, -0.05) is 48.5 Å². The van der Waals surface area contributed by atoms with Crippen LogP contribution in [0.4, 0.5) is 0 Å². The summed E-state index contributed by atoms with van der Waals surface area (Å²) in [4.78, 5) is 21.8. The summed E-state index contributed by atoms with van der Waals surface area (Å²) in [5.74, 6) is 1.44. The van der Waals surface area contributed by atoms with E-state index >= 15 is 0 Å². The lowest BCUT2D eigenvalue weighted by molar-refractivity contribution is 0.410. The van der Waals surface area contributed by atoms with Crippen LogP contribution in [-0.4, -0.2) is 17.1 Å². The highest BCUT2D eigenvalue weighted by Gasteiger charge is 2.11. The van der Waals surface area contributed by atoms with E-state index in [2.05, 4.69) is 9.97 Å². The van der Waals surface area contributed by atoms with E-state index < -0.39 is 0 Å². The number of nitrogens with one attached hydrogen (secondary N) is 1. The molecule has 0 aliphatic heterocycles. The first kappa shape index (κ1) is 15.6. The van der Waals surface area contributed by atoms with Crippen molar-refractivity contribution in [1.82, 2.24) is 9.97 Å². The number of H-pyrrole nitrogens is 1. The molecule has 2 aromatic heterocycles. The monoisotopic (exact) mass is 348 g/mol. The molecule has 25 heavy (non-hydrogen) atoms. The first-order valence-electron chi connectivity index (χ1n) is 7.94. The van der Waals surface area contributed by atoms with Gasteiger partial charge in [-0.2, -0.15) is 0 Å². The summed E-state index contributed by atoms with van der Waals surface area (Å²) in [6.07, 6.45) is 0.522. The predicted octanol–water partition coefficient (Wildman–Crippen LogP) is 4.25. The lowest BCUT2D eigenvalue weighted by atomic mass is 10.1. The van der Waals surface area contributed by atoms with E-state index in [0.717, 1.165) is 26.6 Å². The molecule has 0 aliphatic rings. The maximum absolute atomic E-state index is 12.5. The molecule has 0 atom stereocenters. The van der Waals surface area contributed by atoms with E-state index in [1.807, 2.05) is 60.7 Å². The number of aromatic nitrogens is 2. The summed E-state index contributed by atoms with van der Waals surface area (Å²) in [6.45, 7) is 0. The zero-order valence-electron chi connectivity index (χ0n) is 13.7. The second-order valence-corrected chi connectivity index (χ2v) is 6.73. The summed E-state index contributed by atoms with van der Waals surface area (Å²) in [5, 5.41) is 0.632. The van der Waals surface area contributed by atoms with E-state index in [1.54, 1.807) is 7.11 Å². The molecule has 2 aromatic carbocycles. The van der Waals surface area contributed by atoms with E-state index in [4.69, 9.17) is 4.74 Å². The van der Waals surface area contributed by atoms with Crippen molar-refractivity contribution in [3.05, 3.63) is 82.4 Å². The Morgan fingerprint density at radius 1 is 1.08 bits per heavy atom. The molecule has 0 amide bonds. The second kappa shape index (κ2) is 6.53. The molecule has 4 aromatic rings. The summed E-state index contributed by atoms with van der Waals surface area (Å²) in [5.41, 5.74) is 1.98. The second-order valence-electron chi connectivity index (χ2n) is 5.70. The topological polar surface area (TPSA) is 55.0 Å². The van der Waals surface area contributed by atoms with Gasteiger partial charge < -0.3 is 9.72 Å². The van der Waals surface area contributed by atoms with Crippen molar-refractivity contribution in [3.8, 4) is 16.2 Å². The van der Waals surface area contributed by atoms with E-state index in [9.17, 15) is 4.79 Å². The zero-order chi connectivity index (χ0) is 17.2. The summed E-state index contributed by atoms with van der Waals surface area (Å²) < 4.78 is 5.38. The molecule has 0 radical (unpaired) electrons. The standard InChI is InChI=1S/C20H16N2O2S/c1-24-16-10-6-5-9-14(16)11-18-21-19(23)15-12-17(25-20(15)22-18)13-7-3-2-4-8-13/h2-10,12H,11H2,1H3,(H,21,22,23). The Balaban J connectivity index is 1.76. The van der Waals surface area contributed by atoms with Crippen molar-refractivity contribution in [3.63, 3.8) is 0 Å². The molecule has 5 heteroatoms. The number of ether oxygens (including phenoxy) is 1. The van der Waals surface area contributed by atoms with Crippen LogP contribution < -0.4 is 10.3 Å². The largest absolute Gasteiger partial charge is 0.496 e. The van der Waals surface area contributed by atoms with Gasteiger partial charge in [-0.3, -0.25) is 4.79 Å². The van der Waals surface area contributed by atoms with Gasteiger partial charge in [-0.25, -0.2) is 4.98 Å². The fourth-order valence-corrected chi connectivity index (χ4v) is 3.89. The van der Waals surface area contributed by atoms with Crippen LogP contribution in [0, 0.1) is 0 Å². The molecule has 0 saturated carbocycles. The Bertz CT molecular complexity index is 1080. The van der Waals surface area contributed by atoms with Crippen LogP contribution in [0.2, 0.25) is 0 Å². The molecule has 0 bridgehead atoms. The minimum atomic E-state index is -0.103. The van der Waals surface area contributed by atoms with Crippen molar-refractivity contribution >= 4 is 21.6 Å². The number of para-hydroxylation sites is 1. The number of nitrogens with zero attached hydrogens (tertiary/aromatic N) is 1. The number of rotatable bonds is 4. The smallest absolute Gasteiger partial charge is 0.259 e. The molecule has 4 nitrogen and oxygen atoms in total. The van der Waals surface area contributed by atoms with Crippen molar-refractivity contribution in [1.29, 1.82) is 0 Å². The number of fused-ring (bicyclic) bond motifs is 1. The Kier molecular flexibility index (Phi) is 4.07. The van der Waals surface area contributed by atoms with Gasteiger partial charge in [0.1, 0.15) is 16.4 Å². The maximum Gasteiger partial charge on any atom is 0.259 e. The fraction of sp³-hybridized carbons (Fsp3) is 0.100. The predicted molar refractivity (Wildman–Crippen MR) is 101 cm³/mol. The normalized spacial score (nSPS) is 10.9. The van der Waals surface area contributed by atoms with Gasteiger partial charge in [0.2, 0.25) is 0 Å². The molecule has 0 unspecified atom stereocenters. The van der Waals surface area contributed by atoms with Gasteiger partial charge in [0.25, 0.3) is 5.56 Å². The van der Waals surface area contributed by atoms with Crippen LogP contribution in [-0.2, 0) is 6.42 Å². The number of methoxy groups -OCH3 is 1. The number of aromatic amines is 1. The summed E-state index contributed by atoms with van der Waals surface area (Å²) in [7, 11) is 1.64. The summed E-state index contributed by atoms with van der Waals surface area (Å²) >= 11 is 1.54. The number of hydrogen-bond acceptors (Lipinski definition) is 4. The van der Waals surface area contributed by atoms with Gasteiger partial charge in [0, 0.05) is 16.9 Å². The van der Waals surface area contributed by atoms with Gasteiger partial charge in [0.05, 0.1) is 12.5 Å². The Hall–Kier alpha value is -2.92. The van der Waals surface area contributed by atoms with E-state index in [0.29, 0.717) is 17.6 Å². The third-order valence-electron chi connectivity index (χ3n) is 4.06. The van der Waals surface area contributed by atoms with Gasteiger partial charge in [-0.15, -0.1) is 11.3 Å². The van der Waals surface area contributed by atoms with Gasteiger partial charge in [0.15, 0.2) is 0 Å². The van der Waals surface area contributed by atoms with Crippen molar-refractivity contribution in [2.45, 2.75) is 6.42 Å². The molecule has 1 N–H and O–H groups in total. The molecule has 0 spiro atoms. The Morgan fingerprint density at radius 2 is 1.84 bits per heavy atom. The quantitative estimate of drug-likeness (QED) is 0.600. The molecule has 0 fully saturated rings. The Labute approximate surface area is 148 Å². The summed E-state index contributed by atoms with van der Waals surface area (Å²) in [6, 6.07) is 19.7. The lowest BCUT2D eigenvalue weighted by Crippen LogP contribution is -2.11. The maximum atomic E-state index is 12.5. The zero-order valence-corrected chi connectivity index (χ0v) is 14.5. The fourth-order valence-electron chi connectivity index (χ4n) is 2.83. The van der Waals surface area contributed by atoms with Crippen LogP contribution >= 0.6 is 11.3 Å². The number of hydrogen-bond donors (Lipinski definition) is 1. The van der Waals surface area contributed by atoms with Gasteiger partial charge >= 0.3 is 0 Å². The highest BCUT2D eigenvalue weighted by molar-refractivity contribution is 7.21. The van der Waals surface area contributed by atoms with Crippen LogP contribution in [0.5, 0.6) is 5.75 Å². The molecule has 0 aliphatic carbocycles. The molecular formula is C20H16N2O2S. The van der Waals surface area contributed by atoms with Crippen molar-refractivity contribution in [2.24, 2.45) is 0 Å². The highest BCUT2D eigenvalue weighted by atomic mass is 32.1. The van der Waals surface area contributed by atoms with Crippen LogP contribution in [0.15, 0.2) is 65.5 Å². The van der Waals surface area contributed by atoms with Crippen molar-refractivity contribution < 1.29 is 4.74 Å². The molecule has 124 valence electrons. The minimum absolute atomic E-state index is 0.103. The van der Waals surface area contributed by atoms with Crippen LogP contribution in [0.1, 0.15) is 11.4 Å². The third-order valence-corrected chi connectivity index (χ3v) is 5.14. The molecule has 0 saturated heterocycles. The average molecular weight is 348 g/mol. The molecule has 2 heterocycles. The number of benzene rings is 2. The van der Waals surface area contributed by atoms with E-state index in [-0.39, 0.29) is 5.56 Å². The number of thiophene rings is 1. The van der Waals surface area contributed by atoms with Crippen molar-refractivity contribution in [2.75, 3.05) is 7.11 Å². The first-order valence-corrected chi connectivity index (χ1v) is 8.76. The average Bonchev–Trinajstić information content (AvgIpc) is 3.08. The first-order chi connectivity index (χ1) is 12.2. The third kappa shape index (κ3) is 3.06. The van der Waals surface area contributed by atoms with Gasteiger partial charge in [-0.05, 0) is 17.7 Å².